The number of rotatable bonds is 4. The van der Waals surface area contributed by atoms with Gasteiger partial charge in [0.1, 0.15) is 0 Å². The maximum absolute atomic E-state index is 12.5. The zero-order chi connectivity index (χ0) is 16.4. The van der Waals surface area contributed by atoms with E-state index in [0.29, 0.717) is 12.3 Å². The molecule has 4 rings (SSSR count). The Kier molecular flexibility index (Phi) is 4.69. The number of hydrogen-bond donors (Lipinski definition) is 0. The van der Waals surface area contributed by atoms with Gasteiger partial charge in [-0.05, 0) is 17.5 Å². The first kappa shape index (κ1) is 15.9. The number of amides is 1. The molecular weight excluding hydrogens is 324 g/mol. The third-order valence-corrected chi connectivity index (χ3v) is 5.73. The number of likely N-dealkylation sites (tertiary alicyclic amines) is 1. The molecule has 5 nitrogen and oxygen atoms in total. The van der Waals surface area contributed by atoms with Gasteiger partial charge < -0.3 is 14.1 Å². The second-order valence-corrected chi connectivity index (χ2v) is 7.62. The molecule has 24 heavy (non-hydrogen) atoms. The number of ether oxygens (including phenoxy) is 1. The third-order valence-electron chi connectivity index (χ3n) is 4.86. The quantitative estimate of drug-likeness (QED) is 0.852. The van der Waals surface area contributed by atoms with Gasteiger partial charge >= 0.3 is 0 Å². The van der Waals surface area contributed by atoms with Gasteiger partial charge in [0.25, 0.3) is 0 Å². The Morgan fingerprint density at radius 1 is 1.29 bits per heavy atom. The van der Waals surface area contributed by atoms with Crippen molar-refractivity contribution in [3.05, 3.63) is 46.5 Å². The van der Waals surface area contributed by atoms with Gasteiger partial charge in [0.15, 0.2) is 0 Å². The summed E-state index contributed by atoms with van der Waals surface area (Å²) in [6, 6.07) is 6.03. The molecule has 128 valence electrons. The van der Waals surface area contributed by atoms with Crippen molar-refractivity contribution in [3.8, 4) is 0 Å². The summed E-state index contributed by atoms with van der Waals surface area (Å²) in [5.41, 5.74) is 1.19. The first-order valence-electron chi connectivity index (χ1n) is 8.43. The van der Waals surface area contributed by atoms with Crippen molar-refractivity contribution < 1.29 is 13.9 Å². The molecule has 0 spiro atoms. The lowest BCUT2D eigenvalue weighted by atomic mass is 10.1. The molecule has 2 aromatic heterocycles. The second kappa shape index (κ2) is 7.09. The van der Waals surface area contributed by atoms with E-state index >= 15 is 0 Å². The van der Waals surface area contributed by atoms with E-state index < -0.39 is 0 Å². The van der Waals surface area contributed by atoms with Gasteiger partial charge in [-0.1, -0.05) is 6.07 Å². The molecule has 6 heteroatoms. The zero-order valence-electron chi connectivity index (χ0n) is 13.6. The maximum Gasteiger partial charge on any atom is 0.227 e. The lowest BCUT2D eigenvalue weighted by Crippen LogP contribution is -2.34. The van der Waals surface area contributed by atoms with Gasteiger partial charge in [-0.2, -0.15) is 0 Å². The van der Waals surface area contributed by atoms with Crippen LogP contribution in [0.2, 0.25) is 0 Å². The summed E-state index contributed by atoms with van der Waals surface area (Å²) in [5.74, 6) is 0.613. The van der Waals surface area contributed by atoms with Crippen LogP contribution in [0.15, 0.2) is 40.5 Å². The fourth-order valence-electron chi connectivity index (χ4n) is 3.62. The average molecular weight is 346 g/mol. The highest BCUT2D eigenvalue weighted by Gasteiger charge is 2.38. The number of fused-ring (bicyclic) bond motifs is 1. The van der Waals surface area contributed by atoms with Gasteiger partial charge in [-0.3, -0.25) is 9.69 Å². The minimum Gasteiger partial charge on any atom is -0.472 e. The molecule has 0 saturated carbocycles. The smallest absolute Gasteiger partial charge is 0.227 e. The normalized spacial score (nSPS) is 24.8. The van der Waals surface area contributed by atoms with Crippen LogP contribution in [0.5, 0.6) is 0 Å². The van der Waals surface area contributed by atoms with E-state index in [1.165, 1.54) is 5.56 Å². The Hall–Kier alpha value is -1.63. The monoisotopic (exact) mass is 346 g/mol. The summed E-state index contributed by atoms with van der Waals surface area (Å²) in [4.78, 5) is 18.1. The average Bonchev–Trinajstić information content (AvgIpc) is 3.29. The maximum atomic E-state index is 12.5. The van der Waals surface area contributed by atoms with E-state index in [9.17, 15) is 4.79 Å². The summed E-state index contributed by atoms with van der Waals surface area (Å²) >= 11 is 1.65. The number of hydrogen-bond acceptors (Lipinski definition) is 5. The Bertz CT molecular complexity index is 656. The largest absolute Gasteiger partial charge is 0.472 e. The SMILES string of the molecule is O=C(Cc1cccs1)N1C[C@H]2CN(Cc3ccoc3)CCO[C@H]2C1. The number of carbonyl (C=O) groups excluding carboxylic acids is 1. The Labute approximate surface area is 145 Å². The van der Waals surface area contributed by atoms with Gasteiger partial charge in [0, 0.05) is 49.1 Å². The van der Waals surface area contributed by atoms with Crippen LogP contribution in [0.25, 0.3) is 0 Å². The molecule has 0 N–H and O–H groups in total. The Balaban J connectivity index is 1.36. The van der Waals surface area contributed by atoms with Gasteiger partial charge in [0.2, 0.25) is 5.91 Å². The molecule has 2 fully saturated rings. The van der Waals surface area contributed by atoms with E-state index in [0.717, 1.165) is 44.2 Å². The topological polar surface area (TPSA) is 45.9 Å². The highest BCUT2D eigenvalue weighted by molar-refractivity contribution is 7.10. The predicted molar refractivity (Wildman–Crippen MR) is 91.8 cm³/mol. The predicted octanol–water partition coefficient (Wildman–Crippen LogP) is 2.24. The van der Waals surface area contributed by atoms with Crippen molar-refractivity contribution in [1.29, 1.82) is 0 Å². The number of thiophene rings is 1. The second-order valence-electron chi connectivity index (χ2n) is 6.59. The molecule has 2 aromatic rings. The summed E-state index contributed by atoms with van der Waals surface area (Å²) in [5, 5.41) is 2.02. The third kappa shape index (κ3) is 3.55. The molecule has 0 aliphatic carbocycles. The number of furan rings is 1. The summed E-state index contributed by atoms with van der Waals surface area (Å²) in [6.07, 6.45) is 4.20. The molecule has 2 atom stereocenters. The fraction of sp³-hybridized carbons (Fsp3) is 0.500. The van der Waals surface area contributed by atoms with Crippen molar-refractivity contribution in [2.45, 2.75) is 19.1 Å². The van der Waals surface area contributed by atoms with Crippen LogP contribution in [0, 0.1) is 5.92 Å². The van der Waals surface area contributed by atoms with Crippen LogP contribution < -0.4 is 0 Å². The molecule has 4 heterocycles. The molecule has 0 unspecified atom stereocenters. The van der Waals surface area contributed by atoms with Crippen molar-refractivity contribution in [2.24, 2.45) is 5.92 Å². The molecule has 0 radical (unpaired) electrons. The minimum atomic E-state index is 0.173. The minimum absolute atomic E-state index is 0.173. The fourth-order valence-corrected chi connectivity index (χ4v) is 4.32. The molecule has 2 aliphatic heterocycles. The van der Waals surface area contributed by atoms with Crippen LogP contribution in [0.1, 0.15) is 10.4 Å². The van der Waals surface area contributed by atoms with Crippen LogP contribution in [-0.2, 0) is 22.5 Å². The lowest BCUT2D eigenvalue weighted by molar-refractivity contribution is -0.130. The highest BCUT2D eigenvalue weighted by Crippen LogP contribution is 2.25. The highest BCUT2D eigenvalue weighted by atomic mass is 32.1. The van der Waals surface area contributed by atoms with Crippen LogP contribution in [0.3, 0.4) is 0 Å². The molecule has 0 aromatic carbocycles. The molecule has 1 amide bonds. The Morgan fingerprint density at radius 2 is 2.25 bits per heavy atom. The standard InChI is InChI=1S/C18H22N2O3S/c21-18(8-16-2-1-7-24-16)20-11-15-10-19(4-6-23-17(15)12-20)9-14-3-5-22-13-14/h1-3,5,7,13,15,17H,4,6,8-12H2/t15-,17+/m1/s1. The van der Waals surface area contributed by atoms with Crippen molar-refractivity contribution in [2.75, 3.05) is 32.8 Å². The van der Waals surface area contributed by atoms with E-state index in [4.69, 9.17) is 9.15 Å². The number of carbonyl (C=O) groups is 1. The first-order valence-corrected chi connectivity index (χ1v) is 9.31. The lowest BCUT2D eigenvalue weighted by Gasteiger charge is -2.22. The van der Waals surface area contributed by atoms with Crippen molar-refractivity contribution in [3.63, 3.8) is 0 Å². The summed E-state index contributed by atoms with van der Waals surface area (Å²) in [6.45, 7) is 5.04. The molecular formula is C18H22N2O3S. The van der Waals surface area contributed by atoms with Crippen LogP contribution >= 0.6 is 11.3 Å². The van der Waals surface area contributed by atoms with E-state index in [-0.39, 0.29) is 12.0 Å². The van der Waals surface area contributed by atoms with Crippen LogP contribution in [0.4, 0.5) is 0 Å². The Morgan fingerprint density at radius 3 is 3.04 bits per heavy atom. The molecule has 0 bridgehead atoms. The molecule has 2 saturated heterocycles. The first-order chi connectivity index (χ1) is 11.8. The van der Waals surface area contributed by atoms with Crippen molar-refractivity contribution >= 4 is 17.2 Å². The van der Waals surface area contributed by atoms with Crippen LogP contribution in [-0.4, -0.2) is 54.6 Å². The van der Waals surface area contributed by atoms with Gasteiger partial charge in [-0.15, -0.1) is 11.3 Å². The number of nitrogens with zero attached hydrogens (tertiary/aromatic N) is 2. The van der Waals surface area contributed by atoms with E-state index in [1.807, 2.05) is 28.5 Å². The summed E-state index contributed by atoms with van der Waals surface area (Å²) < 4.78 is 11.2. The zero-order valence-corrected chi connectivity index (χ0v) is 14.4. The summed E-state index contributed by atoms with van der Waals surface area (Å²) in [7, 11) is 0. The van der Waals surface area contributed by atoms with Crippen molar-refractivity contribution in [1.82, 2.24) is 9.80 Å². The van der Waals surface area contributed by atoms with Gasteiger partial charge in [0.05, 0.1) is 31.7 Å². The molecule has 2 aliphatic rings. The van der Waals surface area contributed by atoms with Gasteiger partial charge in [-0.25, -0.2) is 0 Å². The van der Waals surface area contributed by atoms with E-state index in [1.54, 1.807) is 23.9 Å². The van der Waals surface area contributed by atoms with E-state index in [2.05, 4.69) is 4.90 Å².